The molecule has 2 aromatic carbocycles. The second-order valence-corrected chi connectivity index (χ2v) is 7.52. The van der Waals surface area contributed by atoms with Gasteiger partial charge in [0, 0.05) is 11.6 Å². The molecular formula is C23H26ClNO3. The van der Waals surface area contributed by atoms with E-state index in [1.165, 1.54) is 0 Å². The molecule has 5 heteroatoms. The van der Waals surface area contributed by atoms with E-state index in [4.69, 9.17) is 16.0 Å². The first kappa shape index (κ1) is 20.4. The zero-order valence-electron chi connectivity index (χ0n) is 16.6. The molecule has 0 atom stereocenters. The van der Waals surface area contributed by atoms with Crippen LogP contribution in [-0.4, -0.2) is 23.1 Å². The predicted octanol–water partition coefficient (Wildman–Crippen LogP) is 5.75. The van der Waals surface area contributed by atoms with Crippen LogP contribution in [0.4, 0.5) is 0 Å². The van der Waals surface area contributed by atoms with Gasteiger partial charge < -0.3 is 9.52 Å². The Balaban J connectivity index is 2.16. The lowest BCUT2D eigenvalue weighted by molar-refractivity contribution is 0.262. The first-order valence-corrected chi connectivity index (χ1v) is 10.1. The summed E-state index contributed by atoms with van der Waals surface area (Å²) in [5.74, 6) is 0.690. The molecule has 0 radical (unpaired) electrons. The van der Waals surface area contributed by atoms with Crippen molar-refractivity contribution < 1.29 is 9.52 Å². The van der Waals surface area contributed by atoms with Gasteiger partial charge in [-0.05, 0) is 62.7 Å². The second kappa shape index (κ2) is 8.80. The summed E-state index contributed by atoms with van der Waals surface area (Å²) in [4.78, 5) is 15.5. The third kappa shape index (κ3) is 4.08. The molecule has 0 spiro atoms. The number of hydrogen-bond donors (Lipinski definition) is 1. The Hall–Kier alpha value is -2.30. The second-order valence-electron chi connectivity index (χ2n) is 7.09. The van der Waals surface area contributed by atoms with Gasteiger partial charge in [-0.2, -0.15) is 0 Å². The first-order chi connectivity index (χ1) is 13.5. The zero-order chi connectivity index (χ0) is 20.3. The van der Waals surface area contributed by atoms with E-state index in [-0.39, 0.29) is 11.2 Å². The van der Waals surface area contributed by atoms with Crippen molar-refractivity contribution in [2.24, 2.45) is 0 Å². The molecule has 0 aliphatic heterocycles. The smallest absolute Gasteiger partial charge is 0.200 e. The Labute approximate surface area is 170 Å². The lowest BCUT2D eigenvalue weighted by Gasteiger charge is -2.22. The maximum absolute atomic E-state index is 13.2. The largest absolute Gasteiger partial charge is 0.507 e. The highest BCUT2D eigenvalue weighted by atomic mass is 35.5. The molecule has 0 saturated carbocycles. The monoisotopic (exact) mass is 399 g/mol. The van der Waals surface area contributed by atoms with Gasteiger partial charge >= 0.3 is 0 Å². The molecule has 0 bridgehead atoms. The highest BCUT2D eigenvalue weighted by molar-refractivity contribution is 6.30. The van der Waals surface area contributed by atoms with Crippen LogP contribution in [0.15, 0.2) is 45.6 Å². The van der Waals surface area contributed by atoms with Gasteiger partial charge in [-0.15, -0.1) is 0 Å². The molecule has 3 rings (SSSR count). The Kier molecular flexibility index (Phi) is 6.42. The fourth-order valence-corrected chi connectivity index (χ4v) is 3.77. The summed E-state index contributed by atoms with van der Waals surface area (Å²) in [7, 11) is 0. The Morgan fingerprint density at radius 1 is 1.04 bits per heavy atom. The van der Waals surface area contributed by atoms with Crippen LogP contribution in [0.3, 0.4) is 0 Å². The maximum atomic E-state index is 13.2. The zero-order valence-corrected chi connectivity index (χ0v) is 17.3. The normalized spacial score (nSPS) is 11.5. The molecular weight excluding hydrogens is 374 g/mol. The van der Waals surface area contributed by atoms with Crippen molar-refractivity contribution in [3.8, 4) is 16.9 Å². The number of aromatic hydroxyl groups is 1. The average Bonchev–Trinajstić information content (AvgIpc) is 2.66. The number of phenolic OH excluding ortho intramolecular Hbond substituents is 1. The minimum atomic E-state index is -0.0974. The fourth-order valence-electron chi connectivity index (χ4n) is 3.64. The van der Waals surface area contributed by atoms with Crippen molar-refractivity contribution in [2.75, 3.05) is 13.1 Å². The van der Waals surface area contributed by atoms with Crippen molar-refractivity contribution in [2.45, 2.75) is 40.2 Å². The van der Waals surface area contributed by atoms with E-state index >= 15 is 0 Å². The summed E-state index contributed by atoms with van der Waals surface area (Å²) >= 11 is 5.98. The van der Waals surface area contributed by atoms with E-state index < -0.39 is 0 Å². The number of rotatable bonds is 7. The summed E-state index contributed by atoms with van der Waals surface area (Å²) < 4.78 is 6.11. The van der Waals surface area contributed by atoms with Crippen LogP contribution in [0.1, 0.15) is 38.0 Å². The highest BCUT2D eigenvalue weighted by Gasteiger charge is 2.19. The third-order valence-electron chi connectivity index (χ3n) is 4.91. The van der Waals surface area contributed by atoms with E-state index in [0.717, 1.165) is 31.5 Å². The average molecular weight is 400 g/mol. The van der Waals surface area contributed by atoms with Crippen molar-refractivity contribution in [1.82, 2.24) is 4.90 Å². The van der Waals surface area contributed by atoms with Gasteiger partial charge in [0.2, 0.25) is 5.43 Å². The summed E-state index contributed by atoms with van der Waals surface area (Å²) in [6.45, 7) is 8.45. The van der Waals surface area contributed by atoms with Gasteiger partial charge in [-0.1, -0.05) is 37.6 Å². The number of benzene rings is 2. The number of aryl methyl sites for hydroxylation is 1. The summed E-state index contributed by atoms with van der Waals surface area (Å²) in [6.07, 6.45) is 2.05. The molecule has 4 nitrogen and oxygen atoms in total. The molecule has 3 aromatic rings. The molecule has 148 valence electrons. The van der Waals surface area contributed by atoms with Crippen LogP contribution < -0.4 is 5.43 Å². The highest BCUT2D eigenvalue weighted by Crippen LogP contribution is 2.31. The minimum absolute atomic E-state index is 0.0974. The van der Waals surface area contributed by atoms with Crippen LogP contribution >= 0.6 is 11.6 Å². The number of phenols is 1. The lowest BCUT2D eigenvalue weighted by atomic mass is 10.0. The summed E-state index contributed by atoms with van der Waals surface area (Å²) in [6, 6.07) is 10.4. The molecule has 0 saturated heterocycles. The maximum Gasteiger partial charge on any atom is 0.200 e. The van der Waals surface area contributed by atoms with Gasteiger partial charge in [-0.3, -0.25) is 9.69 Å². The Morgan fingerprint density at radius 2 is 1.68 bits per heavy atom. The predicted molar refractivity (Wildman–Crippen MR) is 115 cm³/mol. The number of nitrogens with zero attached hydrogens (tertiary/aromatic N) is 1. The number of halogens is 1. The van der Waals surface area contributed by atoms with Gasteiger partial charge in [0.1, 0.15) is 17.1 Å². The molecule has 0 aliphatic carbocycles. The fraction of sp³-hybridized carbons (Fsp3) is 0.348. The van der Waals surface area contributed by atoms with Crippen molar-refractivity contribution >= 4 is 22.6 Å². The van der Waals surface area contributed by atoms with E-state index in [9.17, 15) is 9.90 Å². The SMILES string of the molecule is CCCN(CCC)Cc1c(O)ccc2c(=O)c(-c3ccc(Cl)cc3)c(C)oc12. The van der Waals surface area contributed by atoms with Gasteiger partial charge in [0.15, 0.2) is 0 Å². The van der Waals surface area contributed by atoms with E-state index in [1.54, 1.807) is 31.2 Å². The quantitative estimate of drug-likeness (QED) is 0.549. The van der Waals surface area contributed by atoms with Crippen LogP contribution in [0.25, 0.3) is 22.1 Å². The molecule has 1 aromatic heterocycles. The van der Waals surface area contributed by atoms with Crippen molar-refractivity contribution in [1.29, 1.82) is 0 Å². The molecule has 0 aliphatic rings. The lowest BCUT2D eigenvalue weighted by Crippen LogP contribution is -2.25. The van der Waals surface area contributed by atoms with Crippen LogP contribution in [0, 0.1) is 6.92 Å². The van der Waals surface area contributed by atoms with Crippen LogP contribution in [0.2, 0.25) is 5.02 Å². The van der Waals surface area contributed by atoms with E-state index in [0.29, 0.717) is 39.4 Å². The third-order valence-corrected chi connectivity index (χ3v) is 5.16. The van der Waals surface area contributed by atoms with E-state index in [1.807, 2.05) is 12.1 Å². The molecule has 0 amide bonds. The minimum Gasteiger partial charge on any atom is -0.507 e. The topological polar surface area (TPSA) is 53.7 Å². The molecule has 0 unspecified atom stereocenters. The van der Waals surface area contributed by atoms with E-state index in [2.05, 4.69) is 18.7 Å². The Bertz CT molecular complexity index is 1020. The van der Waals surface area contributed by atoms with Crippen LogP contribution in [0.5, 0.6) is 5.75 Å². The molecule has 1 heterocycles. The summed E-state index contributed by atoms with van der Waals surface area (Å²) in [5.41, 5.74) is 2.34. The van der Waals surface area contributed by atoms with Gasteiger partial charge in [0.05, 0.1) is 16.5 Å². The first-order valence-electron chi connectivity index (χ1n) is 9.72. The van der Waals surface area contributed by atoms with Crippen LogP contribution in [-0.2, 0) is 6.54 Å². The number of hydrogen-bond acceptors (Lipinski definition) is 4. The van der Waals surface area contributed by atoms with Gasteiger partial charge in [0.25, 0.3) is 0 Å². The van der Waals surface area contributed by atoms with Gasteiger partial charge in [-0.25, -0.2) is 0 Å². The summed E-state index contributed by atoms with van der Waals surface area (Å²) in [5, 5.41) is 11.6. The van der Waals surface area contributed by atoms with Crippen molar-refractivity contribution in [3.05, 3.63) is 63.0 Å². The number of fused-ring (bicyclic) bond motifs is 1. The standard InChI is InChI=1S/C23H26ClNO3/c1-4-12-25(13-5-2)14-19-20(26)11-10-18-22(27)21(15(3)28-23(18)19)16-6-8-17(24)9-7-16/h6-11,26H,4-5,12-14H2,1-3H3. The molecule has 0 fully saturated rings. The molecule has 28 heavy (non-hydrogen) atoms. The van der Waals surface area contributed by atoms with Crippen molar-refractivity contribution in [3.63, 3.8) is 0 Å². The Morgan fingerprint density at radius 3 is 2.29 bits per heavy atom. The molecule has 1 N–H and O–H groups in total.